The van der Waals surface area contributed by atoms with Crippen molar-refractivity contribution in [2.45, 2.75) is 56.9 Å². The van der Waals surface area contributed by atoms with Crippen LogP contribution in [0, 0.1) is 5.82 Å². The van der Waals surface area contributed by atoms with Gasteiger partial charge in [0.2, 0.25) is 21.8 Å². The van der Waals surface area contributed by atoms with Crippen molar-refractivity contribution in [2.24, 2.45) is 0 Å². The van der Waals surface area contributed by atoms with Gasteiger partial charge < -0.3 is 10.2 Å². The molecule has 0 aliphatic heterocycles. The maximum absolute atomic E-state index is 14.9. The van der Waals surface area contributed by atoms with Gasteiger partial charge in [-0.2, -0.15) is 13.2 Å². The zero-order valence-corrected chi connectivity index (χ0v) is 25.4. The van der Waals surface area contributed by atoms with E-state index < -0.39 is 64.2 Å². The van der Waals surface area contributed by atoms with Crippen LogP contribution in [0.2, 0.25) is 5.02 Å². The summed E-state index contributed by atoms with van der Waals surface area (Å²) >= 11 is 6.16. The molecule has 0 radical (unpaired) electrons. The minimum absolute atomic E-state index is 0.0166. The predicted octanol–water partition coefficient (Wildman–Crippen LogP) is 5.96. The van der Waals surface area contributed by atoms with Gasteiger partial charge in [-0.1, -0.05) is 73.0 Å². The summed E-state index contributed by atoms with van der Waals surface area (Å²) < 4.78 is 81.8. The Bertz CT molecular complexity index is 1580. The topological polar surface area (TPSA) is 86.8 Å². The molecule has 236 valence electrons. The number of hydrogen-bond donors (Lipinski definition) is 1. The van der Waals surface area contributed by atoms with Crippen molar-refractivity contribution in [3.05, 3.63) is 100 Å². The number of hydrogen-bond acceptors (Lipinski definition) is 4. The molecule has 1 aliphatic carbocycles. The van der Waals surface area contributed by atoms with Crippen molar-refractivity contribution in [3.63, 3.8) is 0 Å². The smallest absolute Gasteiger partial charge is 0.352 e. The van der Waals surface area contributed by atoms with E-state index in [4.69, 9.17) is 11.6 Å². The van der Waals surface area contributed by atoms with Gasteiger partial charge >= 0.3 is 6.18 Å². The highest BCUT2D eigenvalue weighted by Crippen LogP contribution is 2.36. The number of nitrogens with one attached hydrogen (secondary N) is 1. The van der Waals surface area contributed by atoms with Crippen LogP contribution in [0.4, 0.5) is 23.2 Å². The molecular formula is C31H32ClF4N3O4S. The molecule has 1 unspecified atom stereocenters. The van der Waals surface area contributed by atoms with Gasteiger partial charge in [0, 0.05) is 24.6 Å². The van der Waals surface area contributed by atoms with Crippen LogP contribution in [0.25, 0.3) is 0 Å². The first kappa shape index (κ1) is 33.3. The van der Waals surface area contributed by atoms with Crippen molar-refractivity contribution in [1.82, 2.24) is 10.2 Å². The van der Waals surface area contributed by atoms with Gasteiger partial charge in [-0.05, 0) is 42.7 Å². The first-order chi connectivity index (χ1) is 20.7. The van der Waals surface area contributed by atoms with Crippen LogP contribution in [-0.4, -0.2) is 50.0 Å². The average molecular weight is 654 g/mol. The van der Waals surface area contributed by atoms with E-state index in [2.05, 4.69) is 5.32 Å². The van der Waals surface area contributed by atoms with E-state index >= 15 is 0 Å². The molecule has 4 rings (SSSR count). The number of carbonyl (C=O) groups is 2. The Kier molecular flexibility index (Phi) is 10.6. The number of nitrogens with zero attached hydrogens (tertiary/aromatic N) is 2. The summed E-state index contributed by atoms with van der Waals surface area (Å²) in [7, 11) is -4.38. The molecule has 1 N–H and O–H groups in total. The van der Waals surface area contributed by atoms with Gasteiger partial charge in [0.05, 0.1) is 22.5 Å². The number of amides is 2. The highest BCUT2D eigenvalue weighted by molar-refractivity contribution is 7.92. The minimum atomic E-state index is -4.82. The van der Waals surface area contributed by atoms with E-state index in [1.165, 1.54) is 18.2 Å². The standard InChI is InChI=1S/C31H32ClF4N3O4S/c1-44(42,43)39(27-18-23(31(34,35)36)15-16-25(27)32)20-29(40)38(19-22-11-5-8-14-26(22)33)28(17-21-9-3-2-4-10-21)30(41)37-24-12-6-7-13-24/h2-5,8-11,14-16,18,24,28H,6-7,12-13,17,19-20H2,1H3,(H,37,41). The number of benzene rings is 3. The van der Waals surface area contributed by atoms with Crippen molar-refractivity contribution in [2.75, 3.05) is 17.1 Å². The zero-order valence-electron chi connectivity index (χ0n) is 23.9. The molecule has 13 heteroatoms. The lowest BCUT2D eigenvalue weighted by atomic mass is 10.0. The third kappa shape index (κ3) is 8.50. The van der Waals surface area contributed by atoms with Gasteiger partial charge in [-0.3, -0.25) is 13.9 Å². The molecule has 0 bridgehead atoms. The van der Waals surface area contributed by atoms with Crippen molar-refractivity contribution in [1.29, 1.82) is 0 Å². The average Bonchev–Trinajstić information content (AvgIpc) is 3.47. The SMILES string of the molecule is CS(=O)(=O)N(CC(=O)N(Cc1ccccc1F)C(Cc1ccccc1)C(=O)NC1CCCC1)c1cc(C(F)(F)F)ccc1Cl. The van der Waals surface area contributed by atoms with E-state index in [0.29, 0.717) is 22.0 Å². The van der Waals surface area contributed by atoms with Crippen LogP contribution in [0.5, 0.6) is 0 Å². The lowest BCUT2D eigenvalue weighted by molar-refractivity contribution is -0.140. The number of alkyl halides is 3. The van der Waals surface area contributed by atoms with Crippen LogP contribution < -0.4 is 9.62 Å². The minimum Gasteiger partial charge on any atom is -0.352 e. The third-order valence-electron chi connectivity index (χ3n) is 7.49. The quantitative estimate of drug-likeness (QED) is 0.259. The van der Waals surface area contributed by atoms with Gasteiger partial charge in [-0.25, -0.2) is 12.8 Å². The predicted molar refractivity (Wildman–Crippen MR) is 160 cm³/mol. The van der Waals surface area contributed by atoms with E-state index in [9.17, 15) is 35.6 Å². The van der Waals surface area contributed by atoms with Crippen LogP contribution in [0.3, 0.4) is 0 Å². The van der Waals surface area contributed by atoms with E-state index in [-0.39, 0.29) is 23.0 Å². The molecule has 0 heterocycles. The van der Waals surface area contributed by atoms with Gasteiger partial charge in [0.1, 0.15) is 18.4 Å². The molecule has 0 aromatic heterocycles. The third-order valence-corrected chi connectivity index (χ3v) is 8.94. The maximum Gasteiger partial charge on any atom is 0.416 e. The Morgan fingerprint density at radius 2 is 1.64 bits per heavy atom. The summed E-state index contributed by atoms with van der Waals surface area (Å²) in [6.07, 6.45) is -0.722. The largest absolute Gasteiger partial charge is 0.416 e. The second-order valence-electron chi connectivity index (χ2n) is 10.7. The van der Waals surface area contributed by atoms with Crippen molar-refractivity contribution >= 4 is 39.1 Å². The fourth-order valence-electron chi connectivity index (χ4n) is 5.21. The second kappa shape index (κ2) is 14.0. The van der Waals surface area contributed by atoms with E-state index in [1.54, 1.807) is 36.4 Å². The number of sulfonamides is 1. The fraction of sp³-hybridized carbons (Fsp3) is 0.355. The van der Waals surface area contributed by atoms with E-state index in [1.807, 2.05) is 0 Å². The highest BCUT2D eigenvalue weighted by atomic mass is 35.5. The van der Waals surface area contributed by atoms with E-state index in [0.717, 1.165) is 42.9 Å². The summed E-state index contributed by atoms with van der Waals surface area (Å²) in [6, 6.07) is 15.2. The van der Waals surface area contributed by atoms with Crippen LogP contribution in [0.15, 0.2) is 72.8 Å². The maximum atomic E-state index is 14.9. The molecule has 1 saturated carbocycles. The lowest BCUT2D eigenvalue weighted by Gasteiger charge is -2.34. The zero-order chi connectivity index (χ0) is 32.1. The highest BCUT2D eigenvalue weighted by Gasteiger charge is 2.36. The Labute approximate surface area is 258 Å². The number of carbonyl (C=O) groups excluding carboxylic acids is 2. The van der Waals surface area contributed by atoms with Crippen molar-refractivity contribution < 1.29 is 35.6 Å². The lowest BCUT2D eigenvalue weighted by Crippen LogP contribution is -2.54. The molecule has 1 fully saturated rings. The number of anilines is 1. The fourth-order valence-corrected chi connectivity index (χ4v) is 6.33. The van der Waals surface area contributed by atoms with Crippen LogP contribution in [0.1, 0.15) is 42.4 Å². The summed E-state index contributed by atoms with van der Waals surface area (Å²) in [6.45, 7) is -1.40. The Balaban J connectivity index is 1.78. The van der Waals surface area contributed by atoms with Crippen LogP contribution >= 0.6 is 11.6 Å². The van der Waals surface area contributed by atoms with Gasteiger partial charge in [0.15, 0.2) is 0 Å². The number of rotatable bonds is 11. The first-order valence-electron chi connectivity index (χ1n) is 14.0. The van der Waals surface area contributed by atoms with Gasteiger partial charge in [0.25, 0.3) is 0 Å². The molecule has 2 amide bonds. The molecule has 1 atom stereocenters. The summed E-state index contributed by atoms with van der Waals surface area (Å²) in [4.78, 5) is 29.0. The van der Waals surface area contributed by atoms with Gasteiger partial charge in [-0.15, -0.1) is 0 Å². The summed E-state index contributed by atoms with van der Waals surface area (Å²) in [5.74, 6) is -2.09. The second-order valence-corrected chi connectivity index (χ2v) is 13.1. The number of halogens is 5. The summed E-state index contributed by atoms with van der Waals surface area (Å²) in [5, 5.41) is 2.64. The Hall–Kier alpha value is -3.64. The summed E-state index contributed by atoms with van der Waals surface area (Å²) in [5.41, 5.74) is -0.973. The molecule has 0 saturated heterocycles. The monoisotopic (exact) mass is 653 g/mol. The van der Waals surface area contributed by atoms with Crippen molar-refractivity contribution in [3.8, 4) is 0 Å². The Morgan fingerprint density at radius 3 is 2.25 bits per heavy atom. The molecule has 0 spiro atoms. The first-order valence-corrected chi connectivity index (χ1v) is 16.2. The molecule has 7 nitrogen and oxygen atoms in total. The molecular weight excluding hydrogens is 622 g/mol. The molecule has 3 aromatic rings. The molecule has 44 heavy (non-hydrogen) atoms. The molecule has 3 aromatic carbocycles. The molecule has 1 aliphatic rings. The Morgan fingerprint density at radius 1 is 1.00 bits per heavy atom. The normalized spacial score (nSPS) is 14.7. The van der Waals surface area contributed by atoms with Crippen LogP contribution in [-0.2, 0) is 38.8 Å².